The van der Waals surface area contributed by atoms with Crippen LogP contribution in [0.5, 0.6) is 17.5 Å². The van der Waals surface area contributed by atoms with Gasteiger partial charge in [-0.1, -0.05) is 6.07 Å². The third kappa shape index (κ3) is 6.21. The molecule has 0 unspecified atom stereocenters. The van der Waals surface area contributed by atoms with Crippen LogP contribution < -0.4 is 25.0 Å². The molecule has 39 heavy (non-hydrogen) atoms. The highest BCUT2D eigenvalue weighted by atomic mass is 32.2. The number of benzene rings is 1. The summed E-state index contributed by atoms with van der Waals surface area (Å²) in [4.78, 5) is 54.7. The number of aromatic nitrogens is 3. The average Bonchev–Trinajstić information content (AvgIpc) is 3.21. The zero-order valence-corrected chi connectivity index (χ0v) is 22.0. The van der Waals surface area contributed by atoms with Gasteiger partial charge in [0.25, 0.3) is 11.1 Å². The molecule has 14 nitrogen and oxygen atoms in total. The van der Waals surface area contributed by atoms with Crippen LogP contribution in [-0.4, -0.2) is 103 Å². The number of carbonyl (C=O) groups excluding carboxylic acids is 3. The summed E-state index contributed by atoms with van der Waals surface area (Å²) in [7, 11) is 1.48. The Balaban J connectivity index is 1.40. The first-order valence-corrected chi connectivity index (χ1v) is 13.0. The number of nitrogens with two attached hydrogens (primary N) is 1. The van der Waals surface area contributed by atoms with E-state index in [-0.39, 0.29) is 10.9 Å². The van der Waals surface area contributed by atoms with Crippen LogP contribution in [-0.2, 0) is 19.1 Å². The molecule has 2 aromatic rings. The van der Waals surface area contributed by atoms with Gasteiger partial charge in [0, 0.05) is 26.2 Å². The maximum atomic E-state index is 12.5. The highest BCUT2D eigenvalue weighted by Crippen LogP contribution is 2.36. The number of morpholine rings is 2. The fourth-order valence-electron chi connectivity index (χ4n) is 4.09. The lowest BCUT2D eigenvalue weighted by atomic mass is 10.2. The van der Waals surface area contributed by atoms with Gasteiger partial charge in [0.1, 0.15) is 6.54 Å². The summed E-state index contributed by atoms with van der Waals surface area (Å²) in [5, 5.41) is -0.557. The van der Waals surface area contributed by atoms with Gasteiger partial charge in [-0.05, 0) is 35.5 Å². The highest BCUT2D eigenvalue weighted by Gasteiger charge is 2.36. The zero-order valence-electron chi connectivity index (χ0n) is 21.2. The van der Waals surface area contributed by atoms with Gasteiger partial charge in [-0.25, -0.2) is 0 Å². The molecule has 3 saturated heterocycles. The van der Waals surface area contributed by atoms with Crippen molar-refractivity contribution in [3.63, 3.8) is 0 Å². The Kier molecular flexibility index (Phi) is 8.09. The highest BCUT2D eigenvalue weighted by molar-refractivity contribution is 8.18. The molecule has 15 heteroatoms. The second kappa shape index (κ2) is 11.8. The number of primary amides is 1. The average molecular weight is 558 g/mol. The maximum absolute atomic E-state index is 12.5. The SMILES string of the molecule is COc1cc(/C=C2\SC(=O)N(CC(N)=O)C2=O)ccc1Oc1nc(N2CCOCC2)nc(N2CCOCC2)n1. The number of thioether (sulfide) groups is 1. The van der Waals surface area contributed by atoms with Gasteiger partial charge < -0.3 is 34.5 Å². The van der Waals surface area contributed by atoms with Crippen molar-refractivity contribution in [3.8, 4) is 17.5 Å². The number of amides is 3. The number of hydrogen-bond acceptors (Lipinski definition) is 13. The number of anilines is 2. The minimum absolute atomic E-state index is 0.103. The van der Waals surface area contributed by atoms with Crippen molar-refractivity contribution in [2.75, 3.05) is 76.1 Å². The van der Waals surface area contributed by atoms with Crippen LogP contribution in [0.25, 0.3) is 6.08 Å². The summed E-state index contributed by atoms with van der Waals surface area (Å²) in [5.74, 6) is 0.345. The monoisotopic (exact) mass is 557 g/mol. The fraction of sp³-hybridized carbons (Fsp3) is 0.417. The molecule has 4 heterocycles. The van der Waals surface area contributed by atoms with E-state index in [1.165, 1.54) is 13.2 Å². The Hall–Kier alpha value is -3.95. The standard InChI is InChI=1S/C24H27N7O7S/c1-35-17-12-15(13-18-20(33)31(14-19(25)32)24(34)39-18)2-3-16(17)38-23-27-21(29-4-8-36-9-5-29)26-22(28-23)30-6-10-37-11-7-30/h2-3,12-13H,4-11,14H2,1H3,(H2,25,32)/b18-13-. The molecule has 2 N–H and O–H groups in total. The minimum Gasteiger partial charge on any atom is -0.493 e. The van der Waals surface area contributed by atoms with Crippen LogP contribution in [0.1, 0.15) is 5.56 Å². The van der Waals surface area contributed by atoms with Crippen LogP contribution in [0.2, 0.25) is 0 Å². The topological polar surface area (TPSA) is 163 Å². The number of imide groups is 1. The van der Waals surface area contributed by atoms with Crippen LogP contribution in [0.3, 0.4) is 0 Å². The van der Waals surface area contributed by atoms with Crippen molar-refractivity contribution in [1.29, 1.82) is 0 Å². The van der Waals surface area contributed by atoms with Crippen molar-refractivity contribution in [2.24, 2.45) is 5.73 Å². The van der Waals surface area contributed by atoms with E-state index in [0.29, 0.717) is 81.6 Å². The predicted molar refractivity (Wildman–Crippen MR) is 141 cm³/mol. The zero-order chi connectivity index (χ0) is 27.4. The molecule has 1 aromatic carbocycles. The molecule has 5 rings (SSSR count). The van der Waals surface area contributed by atoms with Gasteiger partial charge in [-0.2, -0.15) is 15.0 Å². The van der Waals surface area contributed by atoms with Gasteiger partial charge in [-0.15, -0.1) is 0 Å². The number of ether oxygens (including phenoxy) is 4. The summed E-state index contributed by atoms with van der Waals surface area (Å²) in [6.07, 6.45) is 1.54. The van der Waals surface area contributed by atoms with Crippen molar-refractivity contribution < 1.29 is 33.3 Å². The molecule has 3 fully saturated rings. The van der Waals surface area contributed by atoms with E-state index < -0.39 is 23.6 Å². The first-order chi connectivity index (χ1) is 18.9. The molecule has 0 radical (unpaired) electrons. The largest absolute Gasteiger partial charge is 0.493 e. The van der Waals surface area contributed by atoms with E-state index in [4.69, 9.17) is 24.7 Å². The first kappa shape index (κ1) is 26.6. The molecule has 3 amide bonds. The van der Waals surface area contributed by atoms with Crippen LogP contribution >= 0.6 is 11.8 Å². The molecular weight excluding hydrogens is 530 g/mol. The molecule has 0 spiro atoms. The predicted octanol–water partition coefficient (Wildman–Crippen LogP) is 0.867. The molecular formula is C24H27N7O7S. The lowest BCUT2D eigenvalue weighted by Gasteiger charge is -2.30. The van der Waals surface area contributed by atoms with E-state index in [2.05, 4.69) is 15.0 Å². The third-order valence-corrected chi connectivity index (χ3v) is 6.96. The Bertz CT molecular complexity index is 1260. The van der Waals surface area contributed by atoms with Gasteiger partial charge in [0.15, 0.2) is 11.5 Å². The second-order valence-corrected chi connectivity index (χ2v) is 9.66. The number of nitrogens with zero attached hydrogens (tertiary/aromatic N) is 6. The van der Waals surface area contributed by atoms with E-state index in [1.54, 1.807) is 18.2 Å². The summed E-state index contributed by atoms with van der Waals surface area (Å²) in [6, 6.07) is 5.12. The van der Waals surface area contributed by atoms with Gasteiger partial charge in [0.05, 0.1) is 38.4 Å². The van der Waals surface area contributed by atoms with Gasteiger partial charge in [0.2, 0.25) is 17.8 Å². The number of carbonyl (C=O) groups is 3. The normalized spacial score (nSPS) is 19.1. The van der Waals surface area contributed by atoms with Crippen molar-refractivity contribution in [2.45, 2.75) is 0 Å². The quantitative estimate of drug-likeness (QED) is 0.455. The number of methoxy groups -OCH3 is 1. The molecule has 206 valence electrons. The Morgan fingerprint density at radius 3 is 2.18 bits per heavy atom. The van der Waals surface area contributed by atoms with E-state index >= 15 is 0 Å². The van der Waals surface area contributed by atoms with E-state index in [0.717, 1.165) is 16.7 Å². The summed E-state index contributed by atoms with van der Waals surface area (Å²) in [6.45, 7) is 4.42. The smallest absolute Gasteiger partial charge is 0.328 e. The number of hydrogen-bond donors (Lipinski definition) is 1. The maximum Gasteiger partial charge on any atom is 0.328 e. The van der Waals surface area contributed by atoms with E-state index in [9.17, 15) is 14.4 Å². The summed E-state index contributed by atoms with van der Waals surface area (Å²) >= 11 is 0.734. The molecule has 0 bridgehead atoms. The van der Waals surface area contributed by atoms with Crippen molar-refractivity contribution in [3.05, 3.63) is 28.7 Å². The summed E-state index contributed by atoms with van der Waals surface area (Å²) in [5.41, 5.74) is 5.73. The lowest BCUT2D eigenvalue weighted by molar-refractivity contribution is -0.127. The Morgan fingerprint density at radius 1 is 1.00 bits per heavy atom. The molecule has 0 aliphatic carbocycles. The lowest BCUT2D eigenvalue weighted by Crippen LogP contribution is -2.40. The molecule has 3 aliphatic heterocycles. The van der Waals surface area contributed by atoms with E-state index in [1.807, 2.05) is 9.80 Å². The van der Waals surface area contributed by atoms with Crippen LogP contribution in [0.15, 0.2) is 23.1 Å². The molecule has 1 aromatic heterocycles. The first-order valence-electron chi connectivity index (χ1n) is 12.2. The fourth-order valence-corrected chi connectivity index (χ4v) is 4.93. The Labute approximate surface area is 228 Å². The molecule has 0 atom stereocenters. The second-order valence-electron chi connectivity index (χ2n) is 8.66. The van der Waals surface area contributed by atoms with Gasteiger partial charge >= 0.3 is 6.01 Å². The van der Waals surface area contributed by atoms with Crippen LogP contribution in [0.4, 0.5) is 16.7 Å². The van der Waals surface area contributed by atoms with Crippen molar-refractivity contribution in [1.82, 2.24) is 19.9 Å². The third-order valence-electron chi connectivity index (χ3n) is 6.05. The summed E-state index contributed by atoms with van der Waals surface area (Å²) < 4.78 is 22.5. The van der Waals surface area contributed by atoms with Crippen molar-refractivity contribution >= 4 is 46.8 Å². The molecule has 3 aliphatic rings. The molecule has 0 saturated carbocycles. The Morgan fingerprint density at radius 2 is 1.62 bits per heavy atom. The van der Waals surface area contributed by atoms with Crippen LogP contribution in [0, 0.1) is 0 Å². The minimum atomic E-state index is -0.770. The van der Waals surface area contributed by atoms with Gasteiger partial charge in [-0.3, -0.25) is 19.3 Å². The number of rotatable bonds is 8.